The zero-order valence-corrected chi connectivity index (χ0v) is 7.57. The van der Waals surface area contributed by atoms with Gasteiger partial charge in [0.15, 0.2) is 0 Å². The number of azide groups is 1. The minimum Gasteiger partial charge on any atom is -0.356 e. The number of carbonyl (C=O) groups is 1. The molecule has 1 rings (SSSR count). The number of nitrogens with zero attached hydrogens (tertiary/aromatic N) is 3. The summed E-state index contributed by atoms with van der Waals surface area (Å²) in [5.74, 6) is -0.125. The summed E-state index contributed by atoms with van der Waals surface area (Å²) < 4.78 is 0. The quantitative estimate of drug-likeness (QED) is 0.374. The third-order valence-electron chi connectivity index (χ3n) is 2.20. The average Bonchev–Trinajstić information content (AvgIpc) is 2.21. The van der Waals surface area contributed by atoms with Crippen molar-refractivity contribution in [3.63, 3.8) is 0 Å². The van der Waals surface area contributed by atoms with Crippen molar-refractivity contribution in [2.24, 2.45) is 5.11 Å². The Hall–Kier alpha value is -1.22. The molecule has 5 heteroatoms. The smallest absolute Gasteiger partial charge is 0.229 e. The molecule has 1 atom stereocenters. The van der Waals surface area contributed by atoms with Gasteiger partial charge in [0.1, 0.15) is 6.04 Å². The molecule has 1 saturated heterocycles. The van der Waals surface area contributed by atoms with E-state index in [0.29, 0.717) is 13.0 Å². The van der Waals surface area contributed by atoms with Crippen LogP contribution in [0, 0.1) is 0 Å². The second-order valence-corrected chi connectivity index (χ2v) is 3.21. The standard InChI is InChI=1S/C8H14N4O/c9-12-11-7-5-3-1-2-4-6-10-8(7)13/h7H,1-6H2,(H,10,13). The third kappa shape index (κ3) is 3.34. The van der Waals surface area contributed by atoms with Gasteiger partial charge in [0.25, 0.3) is 0 Å². The number of hydrogen-bond acceptors (Lipinski definition) is 2. The van der Waals surface area contributed by atoms with Gasteiger partial charge < -0.3 is 5.32 Å². The average molecular weight is 182 g/mol. The maximum atomic E-state index is 11.3. The molecule has 1 unspecified atom stereocenters. The van der Waals surface area contributed by atoms with Crippen molar-refractivity contribution in [1.29, 1.82) is 0 Å². The Bertz CT molecular complexity index is 222. The highest BCUT2D eigenvalue weighted by atomic mass is 16.2. The second-order valence-electron chi connectivity index (χ2n) is 3.21. The van der Waals surface area contributed by atoms with Crippen LogP contribution in [0.4, 0.5) is 0 Å². The van der Waals surface area contributed by atoms with Gasteiger partial charge in [-0.3, -0.25) is 4.79 Å². The number of nitrogens with one attached hydrogen (secondary N) is 1. The first-order chi connectivity index (χ1) is 6.34. The van der Waals surface area contributed by atoms with E-state index in [1.807, 2.05) is 0 Å². The normalized spacial score (nSPS) is 24.6. The molecule has 0 radical (unpaired) electrons. The van der Waals surface area contributed by atoms with Crippen molar-refractivity contribution in [3.8, 4) is 0 Å². The highest BCUT2D eigenvalue weighted by Crippen LogP contribution is 2.10. The lowest BCUT2D eigenvalue weighted by molar-refractivity contribution is -0.122. The molecule has 72 valence electrons. The van der Waals surface area contributed by atoms with Gasteiger partial charge in [0.2, 0.25) is 5.91 Å². The molecule has 0 aromatic heterocycles. The van der Waals surface area contributed by atoms with Crippen molar-refractivity contribution < 1.29 is 4.79 Å². The molecule has 0 aliphatic carbocycles. The van der Waals surface area contributed by atoms with Crippen LogP contribution in [-0.4, -0.2) is 18.5 Å². The van der Waals surface area contributed by atoms with E-state index >= 15 is 0 Å². The van der Waals surface area contributed by atoms with Gasteiger partial charge in [0.05, 0.1) is 0 Å². The Labute approximate surface area is 77.1 Å². The monoisotopic (exact) mass is 182 g/mol. The van der Waals surface area contributed by atoms with E-state index < -0.39 is 6.04 Å². The fraction of sp³-hybridized carbons (Fsp3) is 0.875. The SMILES string of the molecule is [N-]=[N+]=NC1CCCCCCNC1=O. The Morgan fingerprint density at radius 1 is 1.38 bits per heavy atom. The van der Waals surface area contributed by atoms with E-state index in [1.165, 1.54) is 0 Å². The molecule has 1 heterocycles. The molecule has 1 amide bonds. The molecule has 1 aliphatic rings. The van der Waals surface area contributed by atoms with Crippen LogP contribution in [-0.2, 0) is 4.79 Å². The predicted molar refractivity (Wildman–Crippen MR) is 49.0 cm³/mol. The topological polar surface area (TPSA) is 77.9 Å². The molecule has 0 bridgehead atoms. The lowest BCUT2D eigenvalue weighted by Gasteiger charge is -2.08. The molecule has 0 saturated carbocycles. The third-order valence-corrected chi connectivity index (χ3v) is 2.20. The first kappa shape index (κ1) is 9.86. The largest absolute Gasteiger partial charge is 0.356 e. The molecule has 1 aliphatic heterocycles. The van der Waals surface area contributed by atoms with Gasteiger partial charge in [-0.2, -0.15) is 0 Å². The Kier molecular flexibility index (Phi) is 4.12. The highest BCUT2D eigenvalue weighted by molar-refractivity contribution is 5.81. The summed E-state index contributed by atoms with van der Waals surface area (Å²) >= 11 is 0. The van der Waals surface area contributed by atoms with Gasteiger partial charge in [-0.1, -0.05) is 24.4 Å². The van der Waals surface area contributed by atoms with Crippen LogP contribution in [0.1, 0.15) is 32.1 Å². The van der Waals surface area contributed by atoms with Crippen molar-refractivity contribution >= 4 is 5.91 Å². The summed E-state index contributed by atoms with van der Waals surface area (Å²) in [6.45, 7) is 0.705. The van der Waals surface area contributed by atoms with Crippen molar-refractivity contribution in [1.82, 2.24) is 5.32 Å². The van der Waals surface area contributed by atoms with Crippen LogP contribution >= 0.6 is 0 Å². The summed E-state index contributed by atoms with van der Waals surface area (Å²) in [4.78, 5) is 14.0. The molecule has 0 aromatic rings. The fourth-order valence-corrected chi connectivity index (χ4v) is 1.45. The van der Waals surface area contributed by atoms with Gasteiger partial charge in [-0.15, -0.1) is 0 Å². The summed E-state index contributed by atoms with van der Waals surface area (Å²) in [7, 11) is 0. The summed E-state index contributed by atoms with van der Waals surface area (Å²) in [6.07, 6.45) is 4.93. The maximum Gasteiger partial charge on any atom is 0.229 e. The lowest BCUT2D eigenvalue weighted by atomic mass is 10.1. The van der Waals surface area contributed by atoms with Crippen molar-refractivity contribution in [3.05, 3.63) is 10.4 Å². The van der Waals surface area contributed by atoms with Gasteiger partial charge in [0, 0.05) is 11.5 Å². The van der Waals surface area contributed by atoms with Gasteiger partial charge in [-0.25, -0.2) is 0 Å². The summed E-state index contributed by atoms with van der Waals surface area (Å²) in [5, 5.41) is 6.23. The van der Waals surface area contributed by atoms with Crippen LogP contribution in [0.25, 0.3) is 10.4 Å². The van der Waals surface area contributed by atoms with Crippen molar-refractivity contribution in [2.45, 2.75) is 38.1 Å². The van der Waals surface area contributed by atoms with Crippen LogP contribution in [0.5, 0.6) is 0 Å². The maximum absolute atomic E-state index is 11.3. The molecular weight excluding hydrogens is 168 g/mol. The highest BCUT2D eigenvalue weighted by Gasteiger charge is 2.16. The minimum atomic E-state index is -0.497. The first-order valence-corrected chi connectivity index (χ1v) is 4.66. The Morgan fingerprint density at radius 2 is 2.15 bits per heavy atom. The van der Waals surface area contributed by atoms with Crippen LogP contribution in [0.15, 0.2) is 5.11 Å². The van der Waals surface area contributed by atoms with E-state index in [-0.39, 0.29) is 5.91 Å². The predicted octanol–water partition coefficient (Wildman–Crippen LogP) is 1.75. The number of carbonyl (C=O) groups excluding carboxylic acids is 1. The van der Waals surface area contributed by atoms with E-state index in [9.17, 15) is 4.79 Å². The molecule has 5 nitrogen and oxygen atoms in total. The molecular formula is C8H14N4O. The summed E-state index contributed by atoms with van der Waals surface area (Å²) in [5.41, 5.74) is 8.25. The van der Waals surface area contributed by atoms with E-state index in [0.717, 1.165) is 25.7 Å². The van der Waals surface area contributed by atoms with Gasteiger partial charge >= 0.3 is 0 Å². The van der Waals surface area contributed by atoms with Crippen LogP contribution in [0.2, 0.25) is 0 Å². The van der Waals surface area contributed by atoms with E-state index in [1.54, 1.807) is 0 Å². The fourth-order valence-electron chi connectivity index (χ4n) is 1.45. The summed E-state index contributed by atoms with van der Waals surface area (Å²) in [6, 6.07) is -0.497. The number of hydrogen-bond donors (Lipinski definition) is 1. The Balaban J connectivity index is 2.54. The number of rotatable bonds is 1. The molecule has 1 fully saturated rings. The lowest BCUT2D eigenvalue weighted by Crippen LogP contribution is -2.33. The molecule has 1 N–H and O–H groups in total. The zero-order chi connectivity index (χ0) is 9.52. The van der Waals surface area contributed by atoms with Crippen LogP contribution < -0.4 is 5.32 Å². The van der Waals surface area contributed by atoms with Gasteiger partial charge in [-0.05, 0) is 18.4 Å². The minimum absolute atomic E-state index is 0.125. The number of amides is 1. The van der Waals surface area contributed by atoms with Crippen molar-refractivity contribution in [2.75, 3.05) is 6.54 Å². The first-order valence-electron chi connectivity index (χ1n) is 4.66. The van der Waals surface area contributed by atoms with Crippen LogP contribution in [0.3, 0.4) is 0 Å². The zero-order valence-electron chi connectivity index (χ0n) is 7.57. The van der Waals surface area contributed by atoms with E-state index in [2.05, 4.69) is 15.3 Å². The second kappa shape index (κ2) is 5.43. The molecule has 0 aromatic carbocycles. The van der Waals surface area contributed by atoms with E-state index in [4.69, 9.17) is 5.53 Å². The molecule has 13 heavy (non-hydrogen) atoms. The molecule has 0 spiro atoms. The Morgan fingerprint density at radius 3 is 2.92 bits per heavy atom.